The highest BCUT2D eigenvalue weighted by Crippen LogP contribution is 2.02. The fraction of sp³-hybridized carbons (Fsp3) is 0. The number of rotatable bonds is 2. The Morgan fingerprint density at radius 1 is 1.15 bits per heavy atom. The Balaban J connectivity index is 0.000000217. The summed E-state index contributed by atoms with van der Waals surface area (Å²) in [7, 11) is 0. The van der Waals surface area contributed by atoms with Crippen molar-refractivity contribution in [3.63, 3.8) is 0 Å². The third-order valence-corrected chi connectivity index (χ3v) is 2.10. The molecule has 0 saturated carbocycles. The number of carboxylic acids is 2. The van der Waals surface area contributed by atoms with E-state index in [1.807, 2.05) is 0 Å². The van der Waals surface area contributed by atoms with Gasteiger partial charge >= 0.3 is 5.97 Å². The van der Waals surface area contributed by atoms with Gasteiger partial charge in [0.15, 0.2) is 0 Å². The number of carbonyl (C=O) groups excluding carboxylic acids is 1. The minimum absolute atomic E-state index is 0.309. The van der Waals surface area contributed by atoms with E-state index >= 15 is 0 Å². The highest BCUT2D eigenvalue weighted by molar-refractivity contribution is 5.88. The molecule has 2 rings (SSSR count). The Morgan fingerprint density at radius 2 is 1.80 bits per heavy atom. The van der Waals surface area contributed by atoms with E-state index in [-0.39, 0.29) is 11.4 Å². The van der Waals surface area contributed by atoms with Gasteiger partial charge in [-0.05, 0) is 24.3 Å². The number of hydrogen-bond donors (Lipinski definition) is 3. The van der Waals surface area contributed by atoms with Gasteiger partial charge in [-0.15, -0.1) is 0 Å². The summed E-state index contributed by atoms with van der Waals surface area (Å²) in [6.07, 6.45) is 1.73. The van der Waals surface area contributed by atoms with Gasteiger partial charge in [0.2, 0.25) is 0 Å². The molecule has 0 atom stereocenters. The number of nitrogens with one attached hydrogen (secondary N) is 1. The quantitative estimate of drug-likeness (QED) is 0.622. The van der Waals surface area contributed by atoms with Crippen LogP contribution >= 0.6 is 0 Å². The second-order valence-corrected chi connectivity index (χ2v) is 3.54. The number of aromatic carboxylic acids is 2. The second kappa shape index (κ2) is 6.69. The summed E-state index contributed by atoms with van der Waals surface area (Å²) in [6, 6.07) is 7.20. The van der Waals surface area contributed by atoms with E-state index in [1.165, 1.54) is 18.2 Å². The molecule has 0 aliphatic carbocycles. The van der Waals surface area contributed by atoms with E-state index in [0.717, 1.165) is 0 Å². The molecule has 2 heterocycles. The number of hydrogen-bond acceptors (Lipinski definition) is 6. The molecule has 104 valence electrons. The predicted octanol–water partition coefficient (Wildman–Crippen LogP) is -1.19. The van der Waals surface area contributed by atoms with Crippen molar-refractivity contribution in [2.24, 2.45) is 0 Å². The first-order valence-electron chi connectivity index (χ1n) is 5.35. The lowest BCUT2D eigenvalue weighted by atomic mass is 10.3. The number of anilines is 2. The molecule has 2 aromatic heterocycles. The summed E-state index contributed by atoms with van der Waals surface area (Å²) in [5, 5.41) is 18.6. The molecular formula is C12H12N4O4. The van der Waals surface area contributed by atoms with Crippen molar-refractivity contribution in [3.8, 4) is 0 Å². The minimum Gasteiger partial charge on any atom is -0.543 e. The van der Waals surface area contributed by atoms with Crippen molar-refractivity contribution in [2.45, 2.75) is 0 Å². The van der Waals surface area contributed by atoms with Gasteiger partial charge in [-0.2, -0.15) is 0 Å². The van der Waals surface area contributed by atoms with Crippen molar-refractivity contribution in [3.05, 3.63) is 47.9 Å². The number of aromatic amines is 1. The third-order valence-electron chi connectivity index (χ3n) is 2.10. The number of nitrogens with two attached hydrogens (primary N) is 2. The van der Waals surface area contributed by atoms with Crippen LogP contribution in [-0.2, 0) is 0 Å². The molecule has 0 bridgehead atoms. The van der Waals surface area contributed by atoms with Crippen molar-refractivity contribution in [1.29, 1.82) is 0 Å². The molecule has 0 unspecified atom stereocenters. The summed E-state index contributed by atoms with van der Waals surface area (Å²) in [4.78, 5) is 26.6. The molecule has 0 saturated heterocycles. The number of carbonyl (C=O) groups is 2. The Bertz CT molecular complexity index is 580. The van der Waals surface area contributed by atoms with Crippen molar-refractivity contribution >= 4 is 23.4 Å². The predicted molar refractivity (Wildman–Crippen MR) is 67.3 cm³/mol. The van der Waals surface area contributed by atoms with Crippen LogP contribution < -0.4 is 21.6 Å². The van der Waals surface area contributed by atoms with Gasteiger partial charge < -0.3 is 20.7 Å². The summed E-state index contributed by atoms with van der Waals surface area (Å²) >= 11 is 0. The van der Waals surface area contributed by atoms with Crippen molar-refractivity contribution < 1.29 is 24.8 Å². The van der Waals surface area contributed by atoms with Crippen LogP contribution in [0.1, 0.15) is 21.0 Å². The van der Waals surface area contributed by atoms with Crippen LogP contribution in [0.3, 0.4) is 0 Å². The first-order chi connectivity index (χ1) is 9.41. The van der Waals surface area contributed by atoms with Gasteiger partial charge in [0.25, 0.3) is 5.82 Å². The van der Waals surface area contributed by atoms with Crippen LogP contribution in [-0.4, -0.2) is 22.0 Å². The maximum atomic E-state index is 10.3. The average Bonchev–Trinajstić information content (AvgIpc) is 2.43. The summed E-state index contributed by atoms with van der Waals surface area (Å²) in [5.74, 6) is -2.23. The fourth-order valence-electron chi connectivity index (χ4n) is 1.13. The molecule has 0 amide bonds. The molecule has 20 heavy (non-hydrogen) atoms. The molecule has 2 aromatic rings. The lowest BCUT2D eigenvalue weighted by Crippen LogP contribution is -2.24. The van der Waals surface area contributed by atoms with Gasteiger partial charge in [0.05, 0.1) is 17.9 Å². The zero-order chi connectivity index (χ0) is 15.1. The number of aromatic nitrogens is 2. The van der Waals surface area contributed by atoms with Gasteiger partial charge in [0, 0.05) is 0 Å². The minimum atomic E-state index is -1.49. The zero-order valence-electron chi connectivity index (χ0n) is 10.2. The number of carboxylic acid groups (broad SMARTS) is 2. The second-order valence-electron chi connectivity index (χ2n) is 3.54. The molecule has 8 heteroatoms. The normalized spacial score (nSPS) is 9.20. The van der Waals surface area contributed by atoms with Gasteiger partial charge in [-0.25, -0.2) is 14.8 Å². The molecule has 0 aliphatic rings. The van der Waals surface area contributed by atoms with Gasteiger partial charge in [-0.3, -0.25) is 5.73 Å². The Labute approximate surface area is 113 Å². The first-order valence-corrected chi connectivity index (χ1v) is 5.35. The summed E-state index contributed by atoms with van der Waals surface area (Å²) < 4.78 is 0. The number of nitrogens with zero attached hydrogens (tertiary/aromatic N) is 1. The van der Waals surface area contributed by atoms with Crippen molar-refractivity contribution in [1.82, 2.24) is 4.98 Å². The molecular weight excluding hydrogens is 264 g/mol. The average molecular weight is 276 g/mol. The van der Waals surface area contributed by atoms with E-state index in [9.17, 15) is 14.7 Å². The Morgan fingerprint density at radius 3 is 2.25 bits per heavy atom. The molecule has 0 aromatic carbocycles. The fourth-order valence-corrected chi connectivity index (χ4v) is 1.13. The number of nitrogen functional groups attached to an aromatic ring is 2. The monoisotopic (exact) mass is 276 g/mol. The highest BCUT2D eigenvalue weighted by Gasteiger charge is 2.04. The molecule has 8 nitrogen and oxygen atoms in total. The topological polar surface area (TPSA) is 156 Å². The van der Waals surface area contributed by atoms with E-state index in [2.05, 4.69) is 9.97 Å². The number of pyridine rings is 2. The van der Waals surface area contributed by atoms with Crippen LogP contribution in [0, 0.1) is 0 Å². The maximum absolute atomic E-state index is 10.3. The van der Waals surface area contributed by atoms with Crippen LogP contribution in [0.25, 0.3) is 0 Å². The molecule has 0 fully saturated rings. The SMILES string of the molecule is Nc1ccc[nH+]c1N.O=C([O-])c1cccc(C(=O)O)n1. The Kier molecular flexibility index (Phi) is 4.98. The lowest BCUT2D eigenvalue weighted by Gasteiger charge is -2.00. The number of H-pyrrole nitrogens is 1. The lowest BCUT2D eigenvalue weighted by molar-refractivity contribution is -0.359. The van der Waals surface area contributed by atoms with Crippen molar-refractivity contribution in [2.75, 3.05) is 11.5 Å². The maximum Gasteiger partial charge on any atom is 0.354 e. The van der Waals surface area contributed by atoms with E-state index in [4.69, 9.17) is 16.6 Å². The molecule has 0 radical (unpaired) electrons. The van der Waals surface area contributed by atoms with Gasteiger partial charge in [0.1, 0.15) is 11.4 Å². The zero-order valence-corrected chi connectivity index (χ0v) is 10.2. The summed E-state index contributed by atoms with van der Waals surface area (Å²) in [5.41, 5.74) is 10.6. The molecule has 6 N–H and O–H groups in total. The highest BCUT2D eigenvalue weighted by atomic mass is 16.4. The molecule has 0 aliphatic heterocycles. The van der Waals surface area contributed by atoms with E-state index in [1.54, 1.807) is 18.3 Å². The van der Waals surface area contributed by atoms with Crippen LogP contribution in [0.15, 0.2) is 36.5 Å². The van der Waals surface area contributed by atoms with Crippen LogP contribution in [0.2, 0.25) is 0 Å². The third kappa shape index (κ3) is 4.26. The largest absolute Gasteiger partial charge is 0.543 e. The standard InChI is InChI=1S/C7H5NO4.C5H7N3/c9-6(10)4-2-1-3-5(8-4)7(11)12;6-4-2-1-3-8-5(4)7/h1-3H,(H,9,10)(H,11,12);1-3H,6H2,(H2,7,8). The van der Waals surface area contributed by atoms with Crippen LogP contribution in [0.5, 0.6) is 0 Å². The van der Waals surface area contributed by atoms with Gasteiger partial charge in [-0.1, -0.05) is 6.07 Å². The smallest absolute Gasteiger partial charge is 0.354 e. The Hall–Kier alpha value is -3.16. The van der Waals surface area contributed by atoms with E-state index < -0.39 is 11.9 Å². The summed E-state index contributed by atoms with van der Waals surface area (Å²) in [6.45, 7) is 0. The van der Waals surface area contributed by atoms with E-state index in [0.29, 0.717) is 11.5 Å². The van der Waals surface area contributed by atoms with Crippen LogP contribution in [0.4, 0.5) is 11.5 Å². The first kappa shape index (κ1) is 14.9. The molecule has 0 spiro atoms.